The Hall–Kier alpha value is -1.55. The highest BCUT2D eigenvalue weighted by Crippen LogP contribution is 2.18. The molecule has 1 aromatic carbocycles. The lowest BCUT2D eigenvalue weighted by Gasteiger charge is -2.26. The Morgan fingerprint density at radius 3 is 2.58 bits per heavy atom. The van der Waals surface area contributed by atoms with Crippen molar-refractivity contribution in [3.8, 4) is 0 Å². The summed E-state index contributed by atoms with van der Waals surface area (Å²) in [7, 11) is 0. The molecule has 1 aromatic rings. The summed E-state index contributed by atoms with van der Waals surface area (Å²) in [5.41, 5.74) is 2.08. The Balaban J connectivity index is 1.75. The second kappa shape index (κ2) is 7.14. The maximum absolute atomic E-state index is 11.7. The van der Waals surface area contributed by atoms with E-state index in [-0.39, 0.29) is 6.03 Å². The van der Waals surface area contributed by atoms with Crippen LogP contribution in [0.5, 0.6) is 0 Å². The van der Waals surface area contributed by atoms with Crippen LogP contribution in [-0.4, -0.2) is 18.6 Å². The fourth-order valence-electron chi connectivity index (χ4n) is 2.02. The second-order valence-corrected chi connectivity index (χ2v) is 5.10. The third-order valence-corrected chi connectivity index (χ3v) is 3.41. The van der Waals surface area contributed by atoms with Gasteiger partial charge in [0.25, 0.3) is 0 Å². The minimum absolute atomic E-state index is 0.0958. The summed E-state index contributed by atoms with van der Waals surface area (Å²) in [5, 5.41) is 9.18. The van der Waals surface area contributed by atoms with Gasteiger partial charge in [0, 0.05) is 18.3 Å². The Labute approximate surface area is 115 Å². The lowest BCUT2D eigenvalue weighted by molar-refractivity contribution is 0.240. The van der Waals surface area contributed by atoms with Crippen molar-refractivity contribution in [2.75, 3.05) is 11.9 Å². The summed E-state index contributed by atoms with van der Waals surface area (Å²) in [6.45, 7) is 4.06. The molecule has 0 aromatic heterocycles. The van der Waals surface area contributed by atoms with Crippen LogP contribution in [0.4, 0.5) is 10.5 Å². The first kappa shape index (κ1) is 13.9. The van der Waals surface area contributed by atoms with Gasteiger partial charge in [-0.25, -0.2) is 4.79 Å². The van der Waals surface area contributed by atoms with Gasteiger partial charge in [-0.2, -0.15) is 0 Å². The van der Waals surface area contributed by atoms with Crippen molar-refractivity contribution in [1.82, 2.24) is 10.6 Å². The molecule has 1 aliphatic rings. The minimum Gasteiger partial charge on any atom is -0.335 e. The normalized spacial score (nSPS) is 14.8. The van der Waals surface area contributed by atoms with E-state index >= 15 is 0 Å². The SMILES string of the molecule is CCCNCc1ccc(NC(=O)NC2CCC2)cc1. The molecule has 2 amide bonds. The number of rotatable bonds is 6. The van der Waals surface area contributed by atoms with Gasteiger partial charge in [-0.05, 0) is 49.9 Å². The Morgan fingerprint density at radius 1 is 1.26 bits per heavy atom. The molecule has 3 N–H and O–H groups in total. The zero-order valence-electron chi connectivity index (χ0n) is 11.5. The standard InChI is InChI=1S/C15H23N3O/c1-2-10-16-11-12-6-8-14(9-7-12)18-15(19)17-13-4-3-5-13/h6-9,13,16H,2-5,10-11H2,1H3,(H2,17,18,19). The third-order valence-electron chi connectivity index (χ3n) is 3.41. The predicted octanol–water partition coefficient (Wildman–Crippen LogP) is 2.86. The molecule has 0 aliphatic heterocycles. The molecule has 0 bridgehead atoms. The molecule has 0 radical (unpaired) electrons. The number of carbonyl (C=O) groups excluding carboxylic acids is 1. The summed E-state index contributed by atoms with van der Waals surface area (Å²) >= 11 is 0. The summed E-state index contributed by atoms with van der Waals surface area (Å²) in [6, 6.07) is 8.26. The number of hydrogen-bond donors (Lipinski definition) is 3. The second-order valence-electron chi connectivity index (χ2n) is 5.10. The van der Waals surface area contributed by atoms with Gasteiger partial charge in [0.15, 0.2) is 0 Å². The minimum atomic E-state index is -0.0958. The van der Waals surface area contributed by atoms with E-state index in [4.69, 9.17) is 0 Å². The van der Waals surface area contributed by atoms with E-state index < -0.39 is 0 Å². The van der Waals surface area contributed by atoms with E-state index in [1.807, 2.05) is 24.3 Å². The zero-order chi connectivity index (χ0) is 13.5. The highest BCUT2D eigenvalue weighted by atomic mass is 16.2. The topological polar surface area (TPSA) is 53.2 Å². The summed E-state index contributed by atoms with van der Waals surface area (Å²) in [5.74, 6) is 0. The molecule has 2 rings (SSSR count). The molecule has 104 valence electrons. The first-order valence-corrected chi connectivity index (χ1v) is 7.15. The van der Waals surface area contributed by atoms with E-state index in [1.165, 1.54) is 12.0 Å². The van der Waals surface area contributed by atoms with Crippen LogP contribution in [0.15, 0.2) is 24.3 Å². The zero-order valence-corrected chi connectivity index (χ0v) is 11.5. The molecule has 0 atom stereocenters. The van der Waals surface area contributed by atoms with Gasteiger partial charge in [-0.3, -0.25) is 0 Å². The van der Waals surface area contributed by atoms with Crippen LogP contribution < -0.4 is 16.0 Å². The number of urea groups is 1. The molecular formula is C15H23N3O. The molecule has 1 fully saturated rings. The van der Waals surface area contributed by atoms with Crippen molar-refractivity contribution in [1.29, 1.82) is 0 Å². The fourth-order valence-corrected chi connectivity index (χ4v) is 2.02. The van der Waals surface area contributed by atoms with Gasteiger partial charge < -0.3 is 16.0 Å². The molecule has 1 saturated carbocycles. The van der Waals surface area contributed by atoms with Gasteiger partial charge in [0.2, 0.25) is 0 Å². The van der Waals surface area contributed by atoms with E-state index in [9.17, 15) is 4.79 Å². The van der Waals surface area contributed by atoms with Crippen LogP contribution in [0, 0.1) is 0 Å². The Morgan fingerprint density at radius 2 is 2.00 bits per heavy atom. The van der Waals surface area contributed by atoms with Gasteiger partial charge in [-0.15, -0.1) is 0 Å². The molecule has 1 aliphatic carbocycles. The lowest BCUT2D eigenvalue weighted by Crippen LogP contribution is -2.41. The maximum Gasteiger partial charge on any atom is 0.319 e. The Kier molecular flexibility index (Phi) is 5.21. The van der Waals surface area contributed by atoms with E-state index in [2.05, 4.69) is 22.9 Å². The monoisotopic (exact) mass is 261 g/mol. The summed E-state index contributed by atoms with van der Waals surface area (Å²) < 4.78 is 0. The number of amides is 2. The first-order chi connectivity index (χ1) is 9.28. The molecule has 0 spiro atoms. The largest absolute Gasteiger partial charge is 0.335 e. The van der Waals surface area contributed by atoms with Gasteiger partial charge in [0.05, 0.1) is 0 Å². The van der Waals surface area contributed by atoms with Crippen LogP contribution in [-0.2, 0) is 6.54 Å². The van der Waals surface area contributed by atoms with Gasteiger partial charge in [-0.1, -0.05) is 19.1 Å². The average molecular weight is 261 g/mol. The molecular weight excluding hydrogens is 238 g/mol. The number of hydrogen-bond acceptors (Lipinski definition) is 2. The van der Waals surface area contributed by atoms with Crippen molar-refractivity contribution in [2.45, 2.75) is 45.2 Å². The van der Waals surface area contributed by atoms with E-state index in [1.54, 1.807) is 0 Å². The third kappa shape index (κ3) is 4.56. The average Bonchev–Trinajstić information content (AvgIpc) is 2.36. The van der Waals surface area contributed by atoms with Crippen LogP contribution in [0.25, 0.3) is 0 Å². The van der Waals surface area contributed by atoms with E-state index in [0.29, 0.717) is 6.04 Å². The number of carbonyl (C=O) groups is 1. The van der Waals surface area contributed by atoms with Crippen molar-refractivity contribution < 1.29 is 4.79 Å². The van der Waals surface area contributed by atoms with Crippen LogP contribution in [0.2, 0.25) is 0 Å². The first-order valence-electron chi connectivity index (χ1n) is 7.15. The number of benzene rings is 1. The Bertz CT molecular complexity index is 398. The van der Waals surface area contributed by atoms with Crippen LogP contribution in [0.1, 0.15) is 38.2 Å². The quantitative estimate of drug-likeness (QED) is 0.690. The smallest absolute Gasteiger partial charge is 0.319 e. The fraction of sp³-hybridized carbons (Fsp3) is 0.533. The molecule has 4 heteroatoms. The number of nitrogens with one attached hydrogen (secondary N) is 3. The van der Waals surface area contributed by atoms with E-state index in [0.717, 1.165) is 38.0 Å². The van der Waals surface area contributed by atoms with Crippen molar-refractivity contribution in [3.05, 3.63) is 29.8 Å². The molecule has 0 heterocycles. The molecule has 19 heavy (non-hydrogen) atoms. The molecule has 4 nitrogen and oxygen atoms in total. The summed E-state index contributed by atoms with van der Waals surface area (Å²) in [6.07, 6.45) is 4.58. The van der Waals surface area contributed by atoms with Crippen LogP contribution >= 0.6 is 0 Å². The highest BCUT2D eigenvalue weighted by molar-refractivity contribution is 5.89. The van der Waals surface area contributed by atoms with Gasteiger partial charge >= 0.3 is 6.03 Å². The summed E-state index contributed by atoms with van der Waals surface area (Å²) in [4.78, 5) is 11.7. The molecule has 0 saturated heterocycles. The maximum atomic E-state index is 11.7. The van der Waals surface area contributed by atoms with Crippen LogP contribution in [0.3, 0.4) is 0 Å². The highest BCUT2D eigenvalue weighted by Gasteiger charge is 2.19. The van der Waals surface area contributed by atoms with Crippen molar-refractivity contribution >= 4 is 11.7 Å². The van der Waals surface area contributed by atoms with Crippen molar-refractivity contribution in [2.24, 2.45) is 0 Å². The predicted molar refractivity (Wildman–Crippen MR) is 78.2 cm³/mol. The van der Waals surface area contributed by atoms with Crippen molar-refractivity contribution in [3.63, 3.8) is 0 Å². The number of anilines is 1. The molecule has 0 unspecified atom stereocenters. The lowest BCUT2D eigenvalue weighted by atomic mass is 9.93. The van der Waals surface area contributed by atoms with Gasteiger partial charge in [0.1, 0.15) is 0 Å².